The zero-order valence-electron chi connectivity index (χ0n) is 18.2. The van der Waals surface area contributed by atoms with Gasteiger partial charge < -0.3 is 24.4 Å². The van der Waals surface area contributed by atoms with Gasteiger partial charge in [-0.25, -0.2) is 9.79 Å². The number of aliphatic imine (C=N–C) groups is 1. The molecule has 1 fully saturated rings. The summed E-state index contributed by atoms with van der Waals surface area (Å²) in [7, 11) is 1.56. The topological polar surface area (TPSA) is 89.5 Å². The molecular formula is C22H27N3O5S2. The molecule has 0 unspecified atom stereocenters. The molecular weight excluding hydrogens is 450 g/mol. The van der Waals surface area contributed by atoms with Crippen LogP contribution >= 0.6 is 23.1 Å². The van der Waals surface area contributed by atoms with Gasteiger partial charge in [0.25, 0.3) is 0 Å². The first-order chi connectivity index (χ1) is 15.6. The molecule has 3 aliphatic heterocycles. The Morgan fingerprint density at radius 3 is 2.97 bits per heavy atom. The van der Waals surface area contributed by atoms with E-state index in [9.17, 15) is 9.59 Å². The number of rotatable bonds is 9. The Morgan fingerprint density at radius 1 is 1.38 bits per heavy atom. The number of amides is 1. The van der Waals surface area contributed by atoms with E-state index in [0.717, 1.165) is 35.2 Å². The smallest absolute Gasteiger partial charge is 0.338 e. The minimum absolute atomic E-state index is 0.0750. The molecule has 0 spiro atoms. The standard InChI is InChI=1S/C22H27N3O5S2/c1-14-19(21(27)30-9-8-28-2)20(17-6-4-10-31-17)25-15(13-32-22(25)24-14)11-18(26)23-12-16-5-3-7-29-16/h4,6,10,13,16,20H,3,5,7-9,11-12H2,1-2H3,(H,23,26)/t16-,20+/m1/s1. The molecule has 32 heavy (non-hydrogen) atoms. The molecule has 4 heterocycles. The number of allylic oxidation sites excluding steroid dienone is 1. The van der Waals surface area contributed by atoms with E-state index >= 15 is 0 Å². The summed E-state index contributed by atoms with van der Waals surface area (Å²) in [6.07, 6.45) is 2.30. The SMILES string of the molecule is COCCOC(=O)C1=C(C)N=C2SC=C(CC(=O)NC[C@H]3CCCO3)N2[C@H]1c1cccs1. The molecule has 0 aliphatic carbocycles. The molecule has 2 atom stereocenters. The number of ether oxygens (including phenoxy) is 3. The third-order valence-electron chi connectivity index (χ3n) is 5.45. The lowest BCUT2D eigenvalue weighted by Gasteiger charge is -2.35. The van der Waals surface area contributed by atoms with Gasteiger partial charge >= 0.3 is 5.97 Å². The number of carbonyl (C=O) groups is 2. The molecule has 1 aromatic rings. The van der Waals surface area contributed by atoms with Crippen LogP contribution in [0.5, 0.6) is 0 Å². The molecule has 1 amide bonds. The van der Waals surface area contributed by atoms with E-state index in [1.54, 1.807) is 18.4 Å². The van der Waals surface area contributed by atoms with Crippen LogP contribution in [0.4, 0.5) is 0 Å². The van der Waals surface area contributed by atoms with E-state index in [-0.39, 0.29) is 31.1 Å². The fourth-order valence-electron chi connectivity index (χ4n) is 3.90. The molecule has 3 aliphatic rings. The fourth-order valence-corrected chi connectivity index (χ4v) is 5.69. The maximum absolute atomic E-state index is 13.0. The average molecular weight is 478 g/mol. The van der Waals surface area contributed by atoms with Gasteiger partial charge in [-0.1, -0.05) is 17.8 Å². The molecule has 4 rings (SSSR count). The quantitative estimate of drug-likeness (QED) is 0.432. The summed E-state index contributed by atoms with van der Waals surface area (Å²) in [6, 6.07) is 3.56. The summed E-state index contributed by atoms with van der Waals surface area (Å²) in [6.45, 7) is 3.59. The minimum Gasteiger partial charge on any atom is -0.460 e. The first kappa shape index (κ1) is 23.0. The summed E-state index contributed by atoms with van der Waals surface area (Å²) in [5.74, 6) is -0.492. The third-order valence-corrected chi connectivity index (χ3v) is 7.26. The van der Waals surface area contributed by atoms with Crippen LogP contribution in [0, 0.1) is 0 Å². The van der Waals surface area contributed by atoms with Crippen molar-refractivity contribution in [3.8, 4) is 0 Å². The summed E-state index contributed by atoms with van der Waals surface area (Å²) in [5, 5.41) is 7.66. The predicted octanol–water partition coefficient (Wildman–Crippen LogP) is 3.20. The first-order valence-corrected chi connectivity index (χ1v) is 12.4. The molecule has 0 radical (unpaired) electrons. The summed E-state index contributed by atoms with van der Waals surface area (Å²) >= 11 is 3.03. The van der Waals surface area contributed by atoms with Crippen molar-refractivity contribution in [2.24, 2.45) is 4.99 Å². The van der Waals surface area contributed by atoms with Crippen molar-refractivity contribution < 1.29 is 23.8 Å². The number of thiophene rings is 1. The summed E-state index contributed by atoms with van der Waals surface area (Å²) < 4.78 is 16.0. The number of amidine groups is 1. The molecule has 172 valence electrons. The van der Waals surface area contributed by atoms with E-state index < -0.39 is 5.97 Å². The van der Waals surface area contributed by atoms with Gasteiger partial charge in [-0.05, 0) is 36.6 Å². The Kier molecular flexibility index (Phi) is 7.67. The summed E-state index contributed by atoms with van der Waals surface area (Å²) in [4.78, 5) is 33.3. The van der Waals surface area contributed by atoms with E-state index in [1.165, 1.54) is 11.8 Å². The molecule has 10 heteroatoms. The van der Waals surface area contributed by atoms with E-state index in [2.05, 4.69) is 10.3 Å². The first-order valence-electron chi connectivity index (χ1n) is 10.6. The Hall–Kier alpha value is -2.14. The number of carbonyl (C=O) groups excluding carboxylic acids is 2. The number of nitrogens with one attached hydrogen (secondary N) is 1. The lowest BCUT2D eigenvalue weighted by atomic mass is 9.99. The Bertz CT molecular complexity index is 935. The van der Waals surface area contributed by atoms with Crippen LogP contribution in [0.3, 0.4) is 0 Å². The largest absolute Gasteiger partial charge is 0.460 e. The maximum Gasteiger partial charge on any atom is 0.338 e. The van der Waals surface area contributed by atoms with Crippen LogP contribution in [0.1, 0.15) is 37.1 Å². The van der Waals surface area contributed by atoms with Crippen molar-refractivity contribution in [2.75, 3.05) is 33.5 Å². The number of hydrogen-bond donors (Lipinski definition) is 1. The zero-order chi connectivity index (χ0) is 22.5. The van der Waals surface area contributed by atoms with Crippen molar-refractivity contribution in [1.82, 2.24) is 10.2 Å². The minimum atomic E-state index is -0.417. The predicted molar refractivity (Wildman–Crippen MR) is 124 cm³/mol. The highest BCUT2D eigenvalue weighted by molar-refractivity contribution is 8.16. The second kappa shape index (κ2) is 10.7. The van der Waals surface area contributed by atoms with Crippen LogP contribution < -0.4 is 5.32 Å². The second-order valence-electron chi connectivity index (χ2n) is 7.65. The third kappa shape index (κ3) is 5.09. The molecule has 8 nitrogen and oxygen atoms in total. The number of esters is 1. The Morgan fingerprint density at radius 2 is 2.25 bits per heavy atom. The van der Waals surface area contributed by atoms with E-state index in [4.69, 9.17) is 14.2 Å². The fraction of sp³-hybridized carbons (Fsp3) is 0.500. The lowest BCUT2D eigenvalue weighted by molar-refractivity contribution is -0.141. The van der Waals surface area contributed by atoms with Crippen molar-refractivity contribution in [2.45, 2.75) is 38.3 Å². The Balaban J connectivity index is 1.53. The number of thioether (sulfide) groups is 1. The average Bonchev–Trinajstić information content (AvgIpc) is 3.54. The normalized spacial score (nSPS) is 22.5. The molecule has 1 N–H and O–H groups in total. The van der Waals surface area contributed by atoms with Gasteiger partial charge in [0, 0.05) is 30.8 Å². The van der Waals surface area contributed by atoms with Gasteiger partial charge in [0.15, 0.2) is 5.17 Å². The van der Waals surface area contributed by atoms with Gasteiger partial charge in [-0.2, -0.15) is 0 Å². The maximum atomic E-state index is 13.0. The molecule has 1 aromatic heterocycles. The molecule has 0 bridgehead atoms. The second-order valence-corrected chi connectivity index (χ2v) is 9.47. The molecule has 1 saturated heterocycles. The van der Waals surface area contributed by atoms with Gasteiger partial charge in [0.1, 0.15) is 12.6 Å². The number of methoxy groups -OCH3 is 1. The van der Waals surface area contributed by atoms with Crippen LogP contribution in [0.25, 0.3) is 0 Å². The van der Waals surface area contributed by atoms with Crippen LogP contribution in [0.2, 0.25) is 0 Å². The highest BCUT2D eigenvalue weighted by Gasteiger charge is 2.41. The van der Waals surface area contributed by atoms with Crippen LogP contribution in [0.15, 0.2) is 44.9 Å². The van der Waals surface area contributed by atoms with Crippen LogP contribution in [-0.2, 0) is 23.8 Å². The van der Waals surface area contributed by atoms with Crippen molar-refractivity contribution in [3.05, 3.63) is 44.8 Å². The highest BCUT2D eigenvalue weighted by atomic mass is 32.2. The van der Waals surface area contributed by atoms with Crippen molar-refractivity contribution in [3.63, 3.8) is 0 Å². The molecule has 0 aromatic carbocycles. The van der Waals surface area contributed by atoms with Crippen molar-refractivity contribution >= 4 is 40.1 Å². The van der Waals surface area contributed by atoms with E-state index in [1.807, 2.05) is 34.7 Å². The van der Waals surface area contributed by atoms with E-state index in [0.29, 0.717) is 24.4 Å². The lowest BCUT2D eigenvalue weighted by Crippen LogP contribution is -2.38. The van der Waals surface area contributed by atoms with Crippen LogP contribution in [-0.4, -0.2) is 61.5 Å². The van der Waals surface area contributed by atoms with Crippen molar-refractivity contribution in [1.29, 1.82) is 0 Å². The monoisotopic (exact) mass is 477 g/mol. The van der Waals surface area contributed by atoms with Gasteiger partial charge in [-0.3, -0.25) is 4.79 Å². The summed E-state index contributed by atoms with van der Waals surface area (Å²) in [5.41, 5.74) is 1.93. The number of nitrogens with zero attached hydrogens (tertiary/aromatic N) is 2. The zero-order valence-corrected chi connectivity index (χ0v) is 19.8. The van der Waals surface area contributed by atoms with Gasteiger partial charge in [0.05, 0.1) is 30.4 Å². The number of hydrogen-bond acceptors (Lipinski definition) is 9. The molecule has 0 saturated carbocycles. The number of fused-ring (bicyclic) bond motifs is 1. The van der Waals surface area contributed by atoms with Gasteiger partial charge in [0.2, 0.25) is 5.91 Å². The Labute approximate surface area is 195 Å². The highest BCUT2D eigenvalue weighted by Crippen LogP contribution is 2.45. The van der Waals surface area contributed by atoms with Gasteiger partial charge in [-0.15, -0.1) is 11.3 Å².